The second kappa shape index (κ2) is 7.27. The molecule has 0 aliphatic rings. The van der Waals surface area contributed by atoms with Crippen molar-refractivity contribution in [3.8, 4) is 0 Å². The van der Waals surface area contributed by atoms with E-state index >= 15 is 0 Å². The van der Waals surface area contributed by atoms with Gasteiger partial charge < -0.3 is 9.88 Å². The smallest absolute Gasteiger partial charge is 0.335 e. The lowest BCUT2D eigenvalue weighted by atomic mass is 10.1. The molecule has 0 fully saturated rings. The third kappa shape index (κ3) is 3.95. The standard InChI is InChI=1S/C20H18ClF3N2O/c1-3-13-4-7-18-14(10-13)8-9-26(18)12(2)19(27)25-17-11-15(20(22,23)24)5-6-16(17)21/h4-12H,3H2,1-2H3,(H,25,27). The fraction of sp³-hybridized carbons (Fsp3) is 0.250. The van der Waals surface area contributed by atoms with Crippen molar-refractivity contribution in [2.75, 3.05) is 5.32 Å². The molecule has 3 nitrogen and oxygen atoms in total. The lowest BCUT2D eigenvalue weighted by Gasteiger charge is -2.17. The van der Waals surface area contributed by atoms with E-state index in [1.165, 1.54) is 5.56 Å². The molecule has 0 aliphatic carbocycles. The number of anilines is 1. The van der Waals surface area contributed by atoms with Crippen molar-refractivity contribution in [3.05, 3.63) is 64.8 Å². The van der Waals surface area contributed by atoms with Crippen molar-refractivity contribution in [2.24, 2.45) is 0 Å². The van der Waals surface area contributed by atoms with Crippen molar-refractivity contribution in [2.45, 2.75) is 32.5 Å². The second-order valence-electron chi connectivity index (χ2n) is 6.33. The SMILES string of the molecule is CCc1ccc2c(ccn2C(C)C(=O)Nc2cc(C(F)(F)F)ccc2Cl)c1. The molecule has 27 heavy (non-hydrogen) atoms. The van der Waals surface area contributed by atoms with Crippen LogP contribution in [0.15, 0.2) is 48.7 Å². The van der Waals surface area contributed by atoms with Gasteiger partial charge in [0.1, 0.15) is 6.04 Å². The number of nitrogens with one attached hydrogen (secondary N) is 1. The molecule has 1 atom stereocenters. The monoisotopic (exact) mass is 394 g/mol. The first-order valence-electron chi connectivity index (χ1n) is 8.47. The summed E-state index contributed by atoms with van der Waals surface area (Å²) in [5.41, 5.74) is 1.14. The number of nitrogens with zero attached hydrogens (tertiary/aromatic N) is 1. The molecule has 142 valence electrons. The van der Waals surface area contributed by atoms with Gasteiger partial charge in [0.05, 0.1) is 16.3 Å². The van der Waals surface area contributed by atoms with Crippen LogP contribution < -0.4 is 5.32 Å². The first-order valence-corrected chi connectivity index (χ1v) is 8.85. The maximum Gasteiger partial charge on any atom is 0.416 e. The summed E-state index contributed by atoms with van der Waals surface area (Å²) >= 11 is 5.96. The molecule has 0 aliphatic heterocycles. The van der Waals surface area contributed by atoms with Crippen molar-refractivity contribution in [1.82, 2.24) is 4.57 Å². The number of carbonyl (C=O) groups is 1. The van der Waals surface area contributed by atoms with E-state index in [0.717, 1.165) is 35.5 Å². The number of hydrogen-bond donors (Lipinski definition) is 1. The number of hydrogen-bond acceptors (Lipinski definition) is 1. The minimum Gasteiger partial charge on any atom is -0.335 e. The maximum absolute atomic E-state index is 12.9. The van der Waals surface area contributed by atoms with Crippen molar-refractivity contribution < 1.29 is 18.0 Å². The molecule has 0 radical (unpaired) electrons. The van der Waals surface area contributed by atoms with Gasteiger partial charge in [-0.25, -0.2) is 0 Å². The summed E-state index contributed by atoms with van der Waals surface area (Å²) in [6, 6.07) is 10.1. The zero-order chi connectivity index (χ0) is 19.8. The van der Waals surface area contributed by atoms with E-state index < -0.39 is 23.7 Å². The minimum atomic E-state index is -4.51. The summed E-state index contributed by atoms with van der Waals surface area (Å²) in [6.45, 7) is 3.75. The molecular weight excluding hydrogens is 377 g/mol. The Bertz CT molecular complexity index is 995. The average molecular weight is 395 g/mol. The van der Waals surface area contributed by atoms with Crippen LogP contribution in [0.3, 0.4) is 0 Å². The fourth-order valence-corrected chi connectivity index (χ4v) is 3.10. The van der Waals surface area contributed by atoms with Crippen LogP contribution >= 0.6 is 11.6 Å². The van der Waals surface area contributed by atoms with Gasteiger partial charge in [-0.2, -0.15) is 13.2 Å². The number of fused-ring (bicyclic) bond motifs is 1. The Hall–Kier alpha value is -2.47. The predicted molar refractivity (Wildman–Crippen MR) is 101 cm³/mol. The van der Waals surface area contributed by atoms with Crippen LogP contribution in [0, 0.1) is 0 Å². The quantitative estimate of drug-likeness (QED) is 0.572. The zero-order valence-corrected chi connectivity index (χ0v) is 15.5. The molecule has 2 aromatic carbocycles. The van der Waals surface area contributed by atoms with Gasteiger partial charge in [-0.15, -0.1) is 0 Å². The third-order valence-corrected chi connectivity index (χ3v) is 4.87. The van der Waals surface area contributed by atoms with Gasteiger partial charge in [-0.1, -0.05) is 24.6 Å². The maximum atomic E-state index is 12.9. The molecule has 0 saturated carbocycles. The number of carbonyl (C=O) groups excluding carboxylic acids is 1. The molecule has 0 spiro atoms. The largest absolute Gasteiger partial charge is 0.416 e. The normalized spacial score (nSPS) is 13.0. The van der Waals surface area contributed by atoms with Gasteiger partial charge in [-0.05, 0) is 60.7 Å². The molecule has 7 heteroatoms. The first-order chi connectivity index (χ1) is 12.7. The van der Waals surface area contributed by atoms with Crippen LogP contribution in [0.4, 0.5) is 18.9 Å². The number of amides is 1. The van der Waals surface area contributed by atoms with E-state index in [1.54, 1.807) is 17.7 Å². The molecule has 1 amide bonds. The number of rotatable bonds is 4. The molecule has 0 saturated heterocycles. The first kappa shape index (κ1) is 19.3. The fourth-order valence-electron chi connectivity index (χ4n) is 2.93. The molecule has 3 rings (SSSR count). The summed E-state index contributed by atoms with van der Waals surface area (Å²) in [7, 11) is 0. The van der Waals surface area contributed by atoms with Crippen LogP contribution in [0.25, 0.3) is 10.9 Å². The zero-order valence-electron chi connectivity index (χ0n) is 14.8. The Balaban J connectivity index is 1.87. The highest BCUT2D eigenvalue weighted by Gasteiger charge is 2.31. The molecular formula is C20H18ClF3N2O. The highest BCUT2D eigenvalue weighted by atomic mass is 35.5. The summed E-state index contributed by atoms with van der Waals surface area (Å²) in [6.07, 6.45) is -1.81. The summed E-state index contributed by atoms with van der Waals surface area (Å²) in [4.78, 5) is 12.6. The number of halogens is 4. The molecule has 1 N–H and O–H groups in total. The number of aromatic nitrogens is 1. The lowest BCUT2D eigenvalue weighted by Crippen LogP contribution is -2.23. The van der Waals surface area contributed by atoms with Crippen LogP contribution in [-0.4, -0.2) is 10.5 Å². The third-order valence-electron chi connectivity index (χ3n) is 4.54. The highest BCUT2D eigenvalue weighted by molar-refractivity contribution is 6.33. The van der Waals surface area contributed by atoms with E-state index in [1.807, 2.05) is 18.2 Å². The van der Waals surface area contributed by atoms with E-state index in [0.29, 0.717) is 0 Å². The van der Waals surface area contributed by atoms with E-state index in [-0.39, 0.29) is 10.7 Å². The molecule has 0 bridgehead atoms. The van der Waals surface area contributed by atoms with E-state index in [9.17, 15) is 18.0 Å². The highest BCUT2D eigenvalue weighted by Crippen LogP contribution is 2.34. The Morgan fingerprint density at radius 1 is 1.19 bits per heavy atom. The summed E-state index contributed by atoms with van der Waals surface area (Å²) in [5, 5.41) is 3.56. The number of benzene rings is 2. The Kier molecular flexibility index (Phi) is 5.20. The van der Waals surface area contributed by atoms with Gasteiger partial charge in [0.15, 0.2) is 0 Å². The molecule has 3 aromatic rings. The Labute approximate surface area is 159 Å². The van der Waals surface area contributed by atoms with Gasteiger partial charge >= 0.3 is 6.18 Å². The number of aryl methyl sites for hydroxylation is 1. The van der Waals surface area contributed by atoms with Crippen LogP contribution in [0.1, 0.15) is 31.0 Å². The van der Waals surface area contributed by atoms with Gasteiger partial charge in [0, 0.05) is 11.7 Å². The molecule has 1 heterocycles. The van der Waals surface area contributed by atoms with Crippen molar-refractivity contribution in [1.29, 1.82) is 0 Å². The van der Waals surface area contributed by atoms with E-state index in [2.05, 4.69) is 18.3 Å². The van der Waals surface area contributed by atoms with E-state index in [4.69, 9.17) is 11.6 Å². The Morgan fingerprint density at radius 3 is 2.59 bits per heavy atom. The number of alkyl halides is 3. The van der Waals surface area contributed by atoms with Gasteiger partial charge in [0.25, 0.3) is 0 Å². The van der Waals surface area contributed by atoms with Gasteiger partial charge in [-0.3, -0.25) is 4.79 Å². The average Bonchev–Trinajstić information content (AvgIpc) is 3.04. The topological polar surface area (TPSA) is 34.0 Å². The molecule has 1 aromatic heterocycles. The summed E-state index contributed by atoms with van der Waals surface area (Å²) in [5.74, 6) is -0.451. The molecule has 1 unspecified atom stereocenters. The van der Waals surface area contributed by atoms with Crippen molar-refractivity contribution >= 4 is 34.1 Å². The van der Waals surface area contributed by atoms with Crippen LogP contribution in [0.5, 0.6) is 0 Å². The van der Waals surface area contributed by atoms with Crippen molar-refractivity contribution in [3.63, 3.8) is 0 Å². The lowest BCUT2D eigenvalue weighted by molar-refractivity contribution is -0.137. The second-order valence-corrected chi connectivity index (χ2v) is 6.73. The summed E-state index contributed by atoms with van der Waals surface area (Å²) < 4.78 is 40.5. The van der Waals surface area contributed by atoms with Crippen LogP contribution in [-0.2, 0) is 17.4 Å². The Morgan fingerprint density at radius 2 is 1.93 bits per heavy atom. The van der Waals surface area contributed by atoms with Crippen LogP contribution in [0.2, 0.25) is 5.02 Å². The van der Waals surface area contributed by atoms with Gasteiger partial charge in [0.2, 0.25) is 5.91 Å². The minimum absolute atomic E-state index is 0.0495. The predicted octanol–water partition coefficient (Wildman–Crippen LogP) is 6.08.